The van der Waals surface area contributed by atoms with Crippen molar-refractivity contribution in [2.45, 2.75) is 178 Å². The predicted molar refractivity (Wildman–Crippen MR) is 234 cm³/mol. The van der Waals surface area contributed by atoms with E-state index in [1.165, 1.54) is 19.8 Å². The highest BCUT2D eigenvalue weighted by Crippen LogP contribution is 2.69. The van der Waals surface area contributed by atoms with Gasteiger partial charge >= 0.3 is 0 Å². The van der Waals surface area contributed by atoms with Crippen molar-refractivity contribution >= 4 is 39.3 Å². The molecule has 63 heavy (non-hydrogen) atoms. The number of Topliss-reactive ketones (excluding diaryl/α,β-unsaturated/α-hetero) is 2. The molecule has 0 aromatic heterocycles. The van der Waals surface area contributed by atoms with Gasteiger partial charge in [-0.3, -0.25) is 14.4 Å². The number of aldehydes is 1. The van der Waals surface area contributed by atoms with Gasteiger partial charge in [-0.15, -0.1) is 0 Å². The van der Waals surface area contributed by atoms with Gasteiger partial charge in [0.25, 0.3) is 0 Å². The quantitative estimate of drug-likeness (QED) is 0.188. The standard InChI is InChI=1S/C13H15NO2.C13H18O3.C13H16O2.C10H11NO2.H3N.H2O.H3P/c2*1-8(15)3-10-11-9-4-12(2,16-11)6-13(10,5-9)7-14;1-12-5-8-6-13(7-12)3-2-9(14)4-10(13)11(8)15-12;1-9-2-6-3-10(4-9,5-11)8(12)7(6)13-9;;;/h3,9,11H,4-6H2,1-2H3;7,9-11H,3-6H2,1-2H3;2-3,8,10-11H,4-7H2,1H3;6-7H,2-4H2,1H3;1H3;1H2;1H3/b10-3+;;;;;;. The number of hydrogen-bond donors (Lipinski definition) is 1. The number of carbonyl (C=O) groups is 5. The summed E-state index contributed by atoms with van der Waals surface area (Å²) in [5, 5.41) is 18.5. The summed E-state index contributed by atoms with van der Waals surface area (Å²) >= 11 is 0. The second-order valence-corrected chi connectivity index (χ2v) is 23.1. The second-order valence-electron chi connectivity index (χ2n) is 23.1. The Morgan fingerprint density at radius 3 is 1.87 bits per heavy atom. The van der Waals surface area contributed by atoms with Crippen LogP contribution in [0, 0.1) is 79.8 Å². The Bertz CT molecular complexity index is 2150. The van der Waals surface area contributed by atoms with Crippen LogP contribution in [0.25, 0.3) is 0 Å². The molecule has 0 aromatic carbocycles. The number of ketones is 4. The van der Waals surface area contributed by atoms with Crippen molar-refractivity contribution in [3.05, 3.63) is 23.8 Å². The lowest BCUT2D eigenvalue weighted by Gasteiger charge is -2.48. The van der Waals surface area contributed by atoms with E-state index in [1.807, 2.05) is 13.0 Å². The summed E-state index contributed by atoms with van der Waals surface area (Å²) < 4.78 is 23.9. The average molecular weight is 890 g/mol. The van der Waals surface area contributed by atoms with Gasteiger partial charge in [-0.1, -0.05) is 6.08 Å². The van der Waals surface area contributed by atoms with Gasteiger partial charge in [0.2, 0.25) is 0 Å². The van der Waals surface area contributed by atoms with Crippen LogP contribution in [-0.4, -0.2) is 81.7 Å². The molecule has 17 rings (SSSR count). The predicted octanol–water partition coefficient (Wildman–Crippen LogP) is 6.24. The topological polar surface area (TPSA) is 236 Å². The Morgan fingerprint density at radius 1 is 0.730 bits per heavy atom. The van der Waals surface area contributed by atoms with Gasteiger partial charge in [0.1, 0.15) is 23.6 Å². The van der Waals surface area contributed by atoms with Crippen LogP contribution >= 0.6 is 9.90 Å². The first-order chi connectivity index (χ1) is 28.1. The molecule has 0 radical (unpaired) electrons. The van der Waals surface area contributed by atoms with Crippen LogP contribution in [0.5, 0.6) is 0 Å². The van der Waals surface area contributed by atoms with Crippen LogP contribution in [-0.2, 0) is 42.9 Å². The zero-order valence-corrected chi connectivity index (χ0v) is 39.4. The van der Waals surface area contributed by atoms with Crippen molar-refractivity contribution < 1.29 is 48.4 Å². The normalized spacial score (nSPS) is 52.5. The molecule has 16 bridgehead atoms. The lowest BCUT2D eigenvalue weighted by molar-refractivity contribution is -0.155. The summed E-state index contributed by atoms with van der Waals surface area (Å²) in [7, 11) is 0. The van der Waals surface area contributed by atoms with Crippen molar-refractivity contribution in [1.29, 1.82) is 10.5 Å². The van der Waals surface area contributed by atoms with Crippen LogP contribution < -0.4 is 6.15 Å². The van der Waals surface area contributed by atoms with Gasteiger partial charge in [-0.05, 0) is 159 Å². The van der Waals surface area contributed by atoms with Crippen LogP contribution in [0.3, 0.4) is 0 Å². The third-order valence-electron chi connectivity index (χ3n) is 17.9. The van der Waals surface area contributed by atoms with E-state index in [0.29, 0.717) is 53.8 Å². The van der Waals surface area contributed by atoms with Crippen molar-refractivity contribution in [3.8, 4) is 12.1 Å². The van der Waals surface area contributed by atoms with Gasteiger partial charge in [0.15, 0.2) is 17.3 Å². The molecule has 8 aliphatic heterocycles. The minimum absolute atomic E-state index is 0. The van der Waals surface area contributed by atoms with E-state index in [-0.39, 0.29) is 90.9 Å². The summed E-state index contributed by atoms with van der Waals surface area (Å²) in [4.78, 5) is 57.3. The zero-order valence-electron chi connectivity index (χ0n) is 38.0. The van der Waals surface area contributed by atoms with E-state index >= 15 is 0 Å². The number of carbonyl (C=O) groups excluding carboxylic acids is 5. The summed E-state index contributed by atoms with van der Waals surface area (Å²) in [5.41, 5.74) is -0.360. The molecule has 19 atom stereocenters. The lowest BCUT2D eigenvalue weighted by atomic mass is 9.63. The average Bonchev–Trinajstić information content (AvgIpc) is 3.95. The first-order valence-corrected chi connectivity index (χ1v) is 22.6. The third kappa shape index (κ3) is 7.13. The number of ether oxygens (including phenoxy) is 4. The lowest BCUT2D eigenvalue weighted by Crippen LogP contribution is -2.47. The van der Waals surface area contributed by atoms with Gasteiger partial charge in [-0.25, -0.2) is 0 Å². The Labute approximate surface area is 374 Å². The zero-order chi connectivity index (χ0) is 42.6. The number of nitrogens with zero attached hydrogens (tertiary/aromatic N) is 2. The van der Waals surface area contributed by atoms with E-state index in [4.69, 9.17) is 24.2 Å². The Balaban J connectivity index is 0.000000124. The SMILES string of the molecule is CC(=O)/C=C1\C2OC3(C)CC2CC1(C#N)C3.CC(=O)CC1C2OC3(C)CC2CC1(C=O)C3.CC12CC3CC(C#N)(C1)C(=O)C3O2.CC12CC3CC4(C=CC(=O)CC4C3O1)C2.N.O.P. The van der Waals surface area contributed by atoms with E-state index in [0.717, 1.165) is 82.0 Å². The summed E-state index contributed by atoms with van der Waals surface area (Å²) in [6, 6.07) is 4.66. The molecule has 13 nitrogen and oxygen atoms in total. The molecule has 14 heteroatoms. The molecule has 1 spiro atoms. The Morgan fingerprint density at radius 2 is 1.27 bits per heavy atom. The molecular weight excluding hydrogens is 822 g/mol. The van der Waals surface area contributed by atoms with Crippen LogP contribution in [0.2, 0.25) is 0 Å². The van der Waals surface area contributed by atoms with Crippen molar-refractivity contribution in [3.63, 3.8) is 0 Å². The number of allylic oxidation sites excluding steroid dienone is 3. The molecule has 8 saturated heterocycles. The maximum atomic E-state index is 11.8. The minimum atomic E-state index is -0.680. The van der Waals surface area contributed by atoms with E-state index < -0.39 is 10.8 Å². The van der Waals surface area contributed by atoms with Crippen LogP contribution in [0.1, 0.15) is 131 Å². The highest BCUT2D eigenvalue weighted by Gasteiger charge is 2.70. The van der Waals surface area contributed by atoms with E-state index in [9.17, 15) is 29.2 Å². The van der Waals surface area contributed by atoms with E-state index in [1.54, 1.807) is 13.0 Å². The highest BCUT2D eigenvalue weighted by molar-refractivity contribution is 6.92. The van der Waals surface area contributed by atoms with Gasteiger partial charge in [0.05, 0.1) is 58.3 Å². The fourth-order valence-corrected chi connectivity index (χ4v) is 16.8. The summed E-state index contributed by atoms with van der Waals surface area (Å²) in [5.74, 6) is 3.20. The monoisotopic (exact) mass is 889 g/mol. The molecule has 17 aliphatic rings. The molecule has 344 valence electrons. The Hall–Kier alpha value is -3.00. The minimum Gasteiger partial charge on any atom is -0.412 e. The maximum Gasteiger partial charge on any atom is 0.182 e. The number of nitriles is 2. The molecule has 0 aromatic rings. The molecule has 0 amide bonds. The number of rotatable bonds is 4. The molecule has 8 heterocycles. The summed E-state index contributed by atoms with van der Waals surface area (Å²) in [6.45, 7) is 11.6. The van der Waals surface area contributed by atoms with Crippen LogP contribution in [0.4, 0.5) is 0 Å². The fraction of sp³-hybridized carbons (Fsp3) is 0.776. The highest BCUT2D eigenvalue weighted by atomic mass is 31.0. The molecule has 5 N–H and O–H groups in total. The number of hydrogen-bond acceptors (Lipinski definition) is 12. The van der Waals surface area contributed by atoms with Crippen molar-refractivity contribution in [2.75, 3.05) is 0 Å². The van der Waals surface area contributed by atoms with Crippen molar-refractivity contribution in [1.82, 2.24) is 6.15 Å². The smallest absolute Gasteiger partial charge is 0.182 e. The molecular formula is C49H68N3O10P. The van der Waals surface area contributed by atoms with Crippen molar-refractivity contribution in [2.24, 2.45) is 57.2 Å². The fourth-order valence-electron chi connectivity index (χ4n) is 16.8. The van der Waals surface area contributed by atoms with Gasteiger partial charge < -0.3 is 40.2 Å². The van der Waals surface area contributed by atoms with Gasteiger partial charge in [0, 0.05) is 36.5 Å². The third-order valence-corrected chi connectivity index (χ3v) is 17.9. The first kappa shape index (κ1) is 47.9. The van der Waals surface area contributed by atoms with Crippen LogP contribution in [0.15, 0.2) is 23.8 Å². The van der Waals surface area contributed by atoms with E-state index in [2.05, 4.69) is 39.0 Å². The molecule has 9 aliphatic carbocycles. The first-order valence-electron chi connectivity index (χ1n) is 22.6. The summed E-state index contributed by atoms with van der Waals surface area (Å²) in [6.07, 6.45) is 19.8. The second kappa shape index (κ2) is 15.3. The van der Waals surface area contributed by atoms with Gasteiger partial charge in [-0.2, -0.15) is 20.4 Å². The molecule has 16 fully saturated rings. The molecule has 19 unspecified atom stereocenters. The maximum absolute atomic E-state index is 11.8. The largest absolute Gasteiger partial charge is 0.412 e. The Kier molecular flexibility index (Phi) is 11.6. The molecule has 8 saturated carbocycles.